The largest absolute Gasteiger partial charge is 0.480 e. The first kappa shape index (κ1) is 13.4. The number of carboxylic acid groups (broad SMARTS) is 1. The number of hydrogen-bond acceptors (Lipinski definition) is 5. The third-order valence-electron chi connectivity index (χ3n) is 2.72. The van der Waals surface area contributed by atoms with Crippen molar-refractivity contribution in [2.75, 3.05) is 45.9 Å². The van der Waals surface area contributed by atoms with E-state index in [1.807, 2.05) is 4.90 Å². The quantitative estimate of drug-likeness (QED) is 0.531. The molecule has 6 nitrogen and oxygen atoms in total. The second kappa shape index (κ2) is 6.80. The highest BCUT2D eigenvalue weighted by molar-refractivity contribution is 5.69. The van der Waals surface area contributed by atoms with Crippen LogP contribution in [-0.2, 0) is 4.79 Å². The average Bonchev–Trinajstić information content (AvgIpc) is 2.43. The standard InChI is InChI=1S/C10H20N2O4/c13-8-9(14)6-11-2-1-3-12(5-4-11)7-10(15)16/h9,13-14H,1-8H2,(H,15,16). The van der Waals surface area contributed by atoms with Gasteiger partial charge in [0.25, 0.3) is 0 Å². The Hall–Kier alpha value is -0.690. The van der Waals surface area contributed by atoms with Crippen molar-refractivity contribution in [3.05, 3.63) is 0 Å². The summed E-state index contributed by atoms with van der Waals surface area (Å²) in [6.07, 6.45) is 0.192. The molecule has 0 spiro atoms. The van der Waals surface area contributed by atoms with Gasteiger partial charge in [-0.2, -0.15) is 0 Å². The van der Waals surface area contributed by atoms with Crippen LogP contribution in [0.15, 0.2) is 0 Å². The van der Waals surface area contributed by atoms with E-state index in [0.29, 0.717) is 13.1 Å². The van der Waals surface area contributed by atoms with Crippen LogP contribution in [0, 0.1) is 0 Å². The van der Waals surface area contributed by atoms with Gasteiger partial charge in [-0.1, -0.05) is 0 Å². The summed E-state index contributed by atoms with van der Waals surface area (Å²) in [4.78, 5) is 14.5. The summed E-state index contributed by atoms with van der Waals surface area (Å²) in [5, 5.41) is 26.7. The molecule has 1 rings (SSSR count). The van der Waals surface area contributed by atoms with Gasteiger partial charge in [-0.25, -0.2) is 0 Å². The highest BCUT2D eigenvalue weighted by Crippen LogP contribution is 2.03. The molecule has 94 valence electrons. The van der Waals surface area contributed by atoms with Crippen molar-refractivity contribution in [2.24, 2.45) is 0 Å². The van der Waals surface area contributed by atoms with Crippen molar-refractivity contribution in [1.29, 1.82) is 0 Å². The lowest BCUT2D eigenvalue weighted by molar-refractivity contribution is -0.138. The molecule has 1 atom stereocenters. The Labute approximate surface area is 95.1 Å². The van der Waals surface area contributed by atoms with Crippen LogP contribution >= 0.6 is 0 Å². The third-order valence-corrected chi connectivity index (χ3v) is 2.72. The number of β-amino-alcohol motifs (C(OH)–C–C–N with tert-alkyl or cyclic N) is 1. The summed E-state index contributed by atoms with van der Waals surface area (Å²) in [6.45, 7) is 3.36. The summed E-state index contributed by atoms with van der Waals surface area (Å²) in [5.74, 6) is -0.802. The molecule has 6 heteroatoms. The number of aliphatic hydroxyl groups is 2. The minimum absolute atomic E-state index is 0.0798. The second-order valence-electron chi connectivity index (χ2n) is 4.16. The van der Waals surface area contributed by atoms with Crippen molar-refractivity contribution in [3.8, 4) is 0 Å². The van der Waals surface area contributed by atoms with Crippen LogP contribution in [0.4, 0.5) is 0 Å². The van der Waals surface area contributed by atoms with Gasteiger partial charge in [-0.3, -0.25) is 14.6 Å². The van der Waals surface area contributed by atoms with Crippen LogP contribution in [0.5, 0.6) is 0 Å². The minimum atomic E-state index is -0.802. The maximum absolute atomic E-state index is 10.6. The topological polar surface area (TPSA) is 84.2 Å². The molecule has 16 heavy (non-hydrogen) atoms. The van der Waals surface area contributed by atoms with Crippen LogP contribution in [0.3, 0.4) is 0 Å². The Balaban J connectivity index is 2.31. The Morgan fingerprint density at radius 3 is 2.44 bits per heavy atom. The van der Waals surface area contributed by atoms with E-state index in [1.54, 1.807) is 0 Å². The predicted octanol–water partition coefficient (Wildman–Crippen LogP) is -1.57. The van der Waals surface area contributed by atoms with Gasteiger partial charge in [-0.05, 0) is 13.0 Å². The van der Waals surface area contributed by atoms with Gasteiger partial charge < -0.3 is 15.3 Å². The van der Waals surface area contributed by atoms with E-state index in [0.717, 1.165) is 26.1 Å². The fourth-order valence-electron chi connectivity index (χ4n) is 1.91. The van der Waals surface area contributed by atoms with Crippen molar-refractivity contribution in [2.45, 2.75) is 12.5 Å². The zero-order valence-corrected chi connectivity index (χ0v) is 9.38. The van der Waals surface area contributed by atoms with Gasteiger partial charge in [-0.15, -0.1) is 0 Å². The van der Waals surface area contributed by atoms with Gasteiger partial charge >= 0.3 is 5.97 Å². The first-order valence-electron chi connectivity index (χ1n) is 5.57. The van der Waals surface area contributed by atoms with E-state index < -0.39 is 12.1 Å². The van der Waals surface area contributed by atoms with E-state index in [2.05, 4.69) is 4.90 Å². The molecule has 0 aromatic carbocycles. The average molecular weight is 232 g/mol. The molecule has 0 amide bonds. The molecule has 0 aromatic heterocycles. The summed E-state index contributed by atoms with van der Waals surface area (Å²) in [5.41, 5.74) is 0. The Morgan fingerprint density at radius 1 is 1.19 bits per heavy atom. The Kier molecular flexibility index (Phi) is 5.68. The van der Waals surface area contributed by atoms with Gasteiger partial charge in [0.05, 0.1) is 19.3 Å². The molecule has 1 aliphatic heterocycles. The molecule has 1 unspecified atom stereocenters. The molecule has 1 saturated heterocycles. The number of carbonyl (C=O) groups is 1. The first-order chi connectivity index (χ1) is 7.61. The summed E-state index contributed by atoms with van der Waals surface area (Å²) < 4.78 is 0. The number of nitrogens with zero attached hydrogens (tertiary/aromatic N) is 2. The maximum Gasteiger partial charge on any atom is 0.317 e. The molecule has 0 bridgehead atoms. The zero-order valence-electron chi connectivity index (χ0n) is 9.38. The third kappa shape index (κ3) is 4.89. The van der Waals surface area contributed by atoms with Crippen LogP contribution in [0.2, 0.25) is 0 Å². The molecule has 0 aromatic rings. The van der Waals surface area contributed by atoms with Crippen LogP contribution in [0.25, 0.3) is 0 Å². The van der Waals surface area contributed by atoms with Crippen LogP contribution in [-0.4, -0.2) is 83.1 Å². The number of aliphatic carboxylic acids is 1. The van der Waals surface area contributed by atoms with E-state index in [9.17, 15) is 9.90 Å². The molecule has 0 saturated carbocycles. The minimum Gasteiger partial charge on any atom is -0.480 e. The lowest BCUT2D eigenvalue weighted by atomic mass is 10.3. The summed E-state index contributed by atoms with van der Waals surface area (Å²) in [6, 6.07) is 0. The molecular weight excluding hydrogens is 212 g/mol. The van der Waals surface area contributed by atoms with Crippen molar-refractivity contribution in [1.82, 2.24) is 9.80 Å². The fraction of sp³-hybridized carbons (Fsp3) is 0.900. The van der Waals surface area contributed by atoms with Gasteiger partial charge in [0, 0.05) is 26.2 Å². The fourth-order valence-corrected chi connectivity index (χ4v) is 1.91. The predicted molar refractivity (Wildman–Crippen MR) is 58.2 cm³/mol. The van der Waals surface area contributed by atoms with Crippen molar-refractivity contribution < 1.29 is 20.1 Å². The van der Waals surface area contributed by atoms with Gasteiger partial charge in [0.15, 0.2) is 0 Å². The second-order valence-corrected chi connectivity index (χ2v) is 4.16. The number of aliphatic hydroxyl groups excluding tert-OH is 2. The van der Waals surface area contributed by atoms with Crippen molar-refractivity contribution >= 4 is 5.97 Å². The molecule has 1 heterocycles. The smallest absolute Gasteiger partial charge is 0.317 e. The van der Waals surface area contributed by atoms with Crippen LogP contribution in [0.1, 0.15) is 6.42 Å². The highest BCUT2D eigenvalue weighted by atomic mass is 16.4. The molecule has 3 N–H and O–H groups in total. The molecule has 0 aliphatic carbocycles. The summed E-state index contributed by atoms with van der Waals surface area (Å²) >= 11 is 0. The van der Waals surface area contributed by atoms with Crippen LogP contribution < -0.4 is 0 Å². The Morgan fingerprint density at radius 2 is 1.81 bits per heavy atom. The van der Waals surface area contributed by atoms with E-state index in [4.69, 9.17) is 10.2 Å². The monoisotopic (exact) mass is 232 g/mol. The molecular formula is C10H20N2O4. The number of carboxylic acids is 1. The normalized spacial score (nSPS) is 21.6. The first-order valence-corrected chi connectivity index (χ1v) is 5.57. The van der Waals surface area contributed by atoms with Crippen molar-refractivity contribution in [3.63, 3.8) is 0 Å². The van der Waals surface area contributed by atoms with E-state index >= 15 is 0 Å². The molecule has 1 aliphatic rings. The van der Waals surface area contributed by atoms with E-state index in [1.165, 1.54) is 0 Å². The Bertz CT molecular complexity index is 225. The molecule has 0 radical (unpaired) electrons. The number of hydrogen-bond donors (Lipinski definition) is 3. The zero-order chi connectivity index (χ0) is 12.0. The highest BCUT2D eigenvalue weighted by Gasteiger charge is 2.18. The lowest BCUT2D eigenvalue weighted by Crippen LogP contribution is -2.38. The number of rotatable bonds is 5. The van der Waals surface area contributed by atoms with Gasteiger partial charge in [0.1, 0.15) is 0 Å². The van der Waals surface area contributed by atoms with E-state index in [-0.39, 0.29) is 13.2 Å². The van der Waals surface area contributed by atoms with Gasteiger partial charge in [0.2, 0.25) is 0 Å². The maximum atomic E-state index is 10.6. The SMILES string of the molecule is O=C(O)CN1CCCN(CC(O)CO)CC1. The lowest BCUT2D eigenvalue weighted by Gasteiger charge is -2.22. The molecule has 1 fully saturated rings. The summed E-state index contributed by atoms with van der Waals surface area (Å²) in [7, 11) is 0.